The van der Waals surface area contributed by atoms with Gasteiger partial charge in [-0.15, -0.1) is 0 Å². The number of nitrogens with one attached hydrogen (secondary N) is 1. The van der Waals surface area contributed by atoms with Crippen molar-refractivity contribution in [3.05, 3.63) is 88.0 Å². The molecule has 164 valence electrons. The van der Waals surface area contributed by atoms with Crippen LogP contribution in [0.2, 0.25) is 0 Å². The molecule has 2 aromatic carbocycles. The number of hydrogen-bond donors (Lipinski definition) is 2. The quantitative estimate of drug-likeness (QED) is 0.492. The van der Waals surface area contributed by atoms with Gasteiger partial charge in [0.25, 0.3) is 5.56 Å². The Morgan fingerprint density at radius 2 is 1.69 bits per heavy atom. The Morgan fingerprint density at radius 3 is 2.34 bits per heavy atom. The minimum absolute atomic E-state index is 0.0965. The smallest absolute Gasteiger partial charge is 0.280 e. The van der Waals surface area contributed by atoms with E-state index in [1.54, 1.807) is 7.05 Å². The summed E-state index contributed by atoms with van der Waals surface area (Å²) in [4.78, 5) is 22.9. The molecule has 0 saturated heterocycles. The number of rotatable bonds is 6. The van der Waals surface area contributed by atoms with Crippen molar-refractivity contribution in [2.75, 3.05) is 5.32 Å². The highest BCUT2D eigenvalue weighted by atomic mass is 16.3. The monoisotopic (exact) mass is 429 g/mol. The number of aliphatic hydroxyl groups is 1. The number of aromatic nitrogens is 4. The highest BCUT2D eigenvalue weighted by Gasteiger charge is 2.27. The first kappa shape index (κ1) is 20.5. The summed E-state index contributed by atoms with van der Waals surface area (Å²) < 4.78 is 3.52. The van der Waals surface area contributed by atoms with Crippen molar-refractivity contribution in [3.63, 3.8) is 0 Å². The Kier molecular flexibility index (Phi) is 5.49. The fourth-order valence-corrected chi connectivity index (χ4v) is 4.46. The minimum atomic E-state index is -0.424. The molecule has 4 aromatic rings. The van der Waals surface area contributed by atoms with E-state index in [-0.39, 0.29) is 11.6 Å². The lowest BCUT2D eigenvalue weighted by Gasteiger charge is -2.18. The van der Waals surface area contributed by atoms with Crippen LogP contribution in [0.4, 0.5) is 5.95 Å². The van der Waals surface area contributed by atoms with Crippen molar-refractivity contribution >= 4 is 17.1 Å². The Morgan fingerprint density at radius 1 is 1.00 bits per heavy atom. The van der Waals surface area contributed by atoms with E-state index in [2.05, 4.69) is 17.4 Å². The number of anilines is 1. The lowest BCUT2D eigenvalue weighted by atomic mass is 10.1. The normalized spacial score (nSPS) is 18.3. The lowest BCUT2D eigenvalue weighted by molar-refractivity contribution is 0.171. The van der Waals surface area contributed by atoms with E-state index in [0.29, 0.717) is 30.1 Å². The number of hydrogen-bond acceptors (Lipinski definition) is 5. The molecule has 1 saturated carbocycles. The number of aliphatic hydroxyl groups excluding tert-OH is 1. The van der Waals surface area contributed by atoms with Gasteiger partial charge in [-0.2, -0.15) is 4.98 Å². The summed E-state index contributed by atoms with van der Waals surface area (Å²) in [6.45, 7) is 0.546. The maximum atomic E-state index is 13.4. The molecule has 0 spiro atoms. The molecule has 2 atom stereocenters. The van der Waals surface area contributed by atoms with Crippen LogP contribution in [0.15, 0.2) is 65.5 Å². The first-order chi connectivity index (χ1) is 15.6. The number of benzene rings is 2. The second-order valence-electron chi connectivity index (χ2n) is 8.48. The molecule has 1 aliphatic rings. The standard InChI is InChI=1S/C25H27N5O2/c1-29-24(32)22-23(28-25(29)26-19-13-8-14-20(19)31)27-21(15-17-9-4-2-5-10-17)30(22)16-18-11-6-3-7-12-18/h2-7,9-12,19-20,31H,8,13-16H2,1H3,(H,26,28)/t19-,20-/m1/s1. The van der Waals surface area contributed by atoms with Crippen molar-refractivity contribution in [1.82, 2.24) is 19.1 Å². The molecule has 0 bridgehead atoms. The third-order valence-corrected chi connectivity index (χ3v) is 6.25. The highest BCUT2D eigenvalue weighted by Crippen LogP contribution is 2.23. The summed E-state index contributed by atoms with van der Waals surface area (Å²) in [6, 6.07) is 20.1. The maximum absolute atomic E-state index is 13.4. The topological polar surface area (TPSA) is 85.0 Å². The van der Waals surface area contributed by atoms with Gasteiger partial charge in [0.05, 0.1) is 12.1 Å². The number of fused-ring (bicyclic) bond motifs is 1. The highest BCUT2D eigenvalue weighted by molar-refractivity contribution is 5.72. The molecule has 2 N–H and O–H groups in total. The zero-order chi connectivity index (χ0) is 22.1. The molecule has 32 heavy (non-hydrogen) atoms. The van der Waals surface area contributed by atoms with E-state index in [9.17, 15) is 9.90 Å². The average molecular weight is 430 g/mol. The molecule has 1 fully saturated rings. The zero-order valence-corrected chi connectivity index (χ0v) is 18.1. The van der Waals surface area contributed by atoms with Crippen LogP contribution in [-0.2, 0) is 20.0 Å². The van der Waals surface area contributed by atoms with Gasteiger partial charge in [0.2, 0.25) is 5.95 Å². The van der Waals surface area contributed by atoms with Crippen molar-refractivity contribution < 1.29 is 5.11 Å². The van der Waals surface area contributed by atoms with Crippen molar-refractivity contribution in [2.45, 2.75) is 44.4 Å². The van der Waals surface area contributed by atoms with Gasteiger partial charge in [0.15, 0.2) is 11.2 Å². The van der Waals surface area contributed by atoms with Gasteiger partial charge in [-0.3, -0.25) is 9.36 Å². The summed E-state index contributed by atoms with van der Waals surface area (Å²) in [5.74, 6) is 1.25. The molecular weight excluding hydrogens is 402 g/mol. The van der Waals surface area contributed by atoms with E-state index in [1.165, 1.54) is 4.57 Å². The van der Waals surface area contributed by atoms with Gasteiger partial charge < -0.3 is 15.0 Å². The first-order valence-electron chi connectivity index (χ1n) is 11.1. The van der Waals surface area contributed by atoms with Crippen LogP contribution in [0.5, 0.6) is 0 Å². The molecule has 7 heteroatoms. The molecule has 5 rings (SSSR count). The van der Waals surface area contributed by atoms with Gasteiger partial charge in [0, 0.05) is 20.0 Å². The largest absolute Gasteiger partial charge is 0.391 e. The van der Waals surface area contributed by atoms with E-state index < -0.39 is 6.10 Å². The Balaban J connectivity index is 1.61. The van der Waals surface area contributed by atoms with Crippen LogP contribution in [0, 0.1) is 0 Å². The molecule has 0 amide bonds. The Hall–Kier alpha value is -3.45. The number of imidazole rings is 1. The van der Waals surface area contributed by atoms with Gasteiger partial charge in [-0.05, 0) is 30.4 Å². The summed E-state index contributed by atoms with van der Waals surface area (Å²) >= 11 is 0. The van der Waals surface area contributed by atoms with Crippen LogP contribution < -0.4 is 10.9 Å². The van der Waals surface area contributed by atoms with Crippen LogP contribution in [-0.4, -0.2) is 36.4 Å². The zero-order valence-electron chi connectivity index (χ0n) is 18.1. The van der Waals surface area contributed by atoms with E-state index in [4.69, 9.17) is 9.97 Å². The van der Waals surface area contributed by atoms with Crippen LogP contribution >= 0.6 is 0 Å². The predicted octanol–water partition coefficient (Wildman–Crippen LogP) is 3.09. The predicted molar refractivity (Wildman–Crippen MR) is 125 cm³/mol. The lowest BCUT2D eigenvalue weighted by Crippen LogP contribution is -2.32. The van der Waals surface area contributed by atoms with Gasteiger partial charge in [-0.25, -0.2) is 4.98 Å². The second kappa shape index (κ2) is 8.59. The molecule has 7 nitrogen and oxygen atoms in total. The molecule has 2 heterocycles. The summed E-state index contributed by atoms with van der Waals surface area (Å²) in [6.07, 6.45) is 2.77. The molecule has 2 aromatic heterocycles. The van der Waals surface area contributed by atoms with E-state index in [1.807, 2.05) is 53.1 Å². The summed E-state index contributed by atoms with van der Waals surface area (Å²) in [5, 5.41) is 13.5. The van der Waals surface area contributed by atoms with Gasteiger partial charge >= 0.3 is 0 Å². The second-order valence-corrected chi connectivity index (χ2v) is 8.48. The number of nitrogens with zero attached hydrogens (tertiary/aromatic N) is 4. The van der Waals surface area contributed by atoms with Gasteiger partial charge in [-0.1, -0.05) is 60.7 Å². The summed E-state index contributed by atoms with van der Waals surface area (Å²) in [7, 11) is 1.72. The first-order valence-corrected chi connectivity index (χ1v) is 11.1. The molecule has 1 aliphatic carbocycles. The summed E-state index contributed by atoms with van der Waals surface area (Å²) in [5.41, 5.74) is 3.01. The molecule has 0 aliphatic heterocycles. The molecular formula is C25H27N5O2. The van der Waals surface area contributed by atoms with E-state index in [0.717, 1.165) is 36.2 Å². The van der Waals surface area contributed by atoms with Gasteiger partial charge in [0.1, 0.15) is 5.82 Å². The molecule has 0 unspecified atom stereocenters. The van der Waals surface area contributed by atoms with Crippen molar-refractivity contribution in [2.24, 2.45) is 7.05 Å². The van der Waals surface area contributed by atoms with Crippen molar-refractivity contribution in [1.29, 1.82) is 0 Å². The molecule has 0 radical (unpaired) electrons. The average Bonchev–Trinajstić information content (AvgIpc) is 3.36. The minimum Gasteiger partial charge on any atom is -0.391 e. The van der Waals surface area contributed by atoms with Crippen LogP contribution in [0.25, 0.3) is 11.2 Å². The SMILES string of the molecule is Cn1c(N[C@@H]2CCC[C@H]2O)nc2nc(Cc3ccccc3)n(Cc3ccccc3)c2c1=O. The Labute approximate surface area is 186 Å². The van der Waals surface area contributed by atoms with Crippen LogP contribution in [0.1, 0.15) is 36.2 Å². The fraction of sp³-hybridized carbons (Fsp3) is 0.320. The van der Waals surface area contributed by atoms with E-state index >= 15 is 0 Å². The third-order valence-electron chi connectivity index (χ3n) is 6.25. The fourth-order valence-electron chi connectivity index (χ4n) is 4.46. The third kappa shape index (κ3) is 3.91. The Bertz CT molecular complexity index is 1280. The maximum Gasteiger partial charge on any atom is 0.280 e. The van der Waals surface area contributed by atoms with Crippen molar-refractivity contribution in [3.8, 4) is 0 Å². The van der Waals surface area contributed by atoms with Crippen LogP contribution in [0.3, 0.4) is 0 Å².